The van der Waals surface area contributed by atoms with Gasteiger partial charge in [-0.05, 0) is 55.0 Å². The zero-order valence-corrected chi connectivity index (χ0v) is 15.7. The lowest BCUT2D eigenvalue weighted by Crippen LogP contribution is -2.33. The lowest BCUT2D eigenvalue weighted by atomic mass is 9.97. The van der Waals surface area contributed by atoms with Crippen molar-refractivity contribution in [3.05, 3.63) is 51.6 Å². The van der Waals surface area contributed by atoms with E-state index < -0.39 is 17.5 Å². The molecule has 0 bridgehead atoms. The molecule has 1 aromatic heterocycles. The second-order valence-electron chi connectivity index (χ2n) is 6.89. The Labute approximate surface area is 161 Å². The summed E-state index contributed by atoms with van der Waals surface area (Å²) in [5.41, 5.74) is 3.16. The van der Waals surface area contributed by atoms with E-state index in [2.05, 4.69) is 4.98 Å². The Balaban J connectivity index is 1.76. The number of aromatic nitrogens is 1. The first-order valence-electron chi connectivity index (χ1n) is 8.98. The second kappa shape index (κ2) is 7.08. The molecule has 0 unspecified atom stereocenters. The van der Waals surface area contributed by atoms with Crippen LogP contribution in [-0.2, 0) is 30.6 Å². The van der Waals surface area contributed by atoms with Gasteiger partial charge in [0, 0.05) is 17.5 Å². The van der Waals surface area contributed by atoms with Crippen molar-refractivity contribution in [1.82, 2.24) is 4.98 Å². The molecule has 1 aliphatic heterocycles. The maximum absolute atomic E-state index is 14.8. The Bertz CT molecular complexity index is 933. The van der Waals surface area contributed by atoms with Crippen LogP contribution in [0, 0.1) is 18.6 Å². The SMILES string of the molecule is Cc1c(CN(C(=O)CCl)c2ccc3c(n2)OCC3)c(F)c(F)c2c1CCC2. The molecule has 1 aromatic carbocycles. The Kier molecular flexibility index (Phi) is 4.76. The smallest absolute Gasteiger partial charge is 0.243 e. The zero-order valence-electron chi connectivity index (χ0n) is 14.9. The average molecular weight is 393 g/mol. The third-order valence-electron chi connectivity index (χ3n) is 5.39. The van der Waals surface area contributed by atoms with Crippen molar-refractivity contribution < 1.29 is 18.3 Å². The number of alkyl halides is 1. The second-order valence-corrected chi connectivity index (χ2v) is 7.16. The predicted molar refractivity (Wildman–Crippen MR) is 98.5 cm³/mol. The van der Waals surface area contributed by atoms with Crippen LogP contribution >= 0.6 is 11.6 Å². The molecule has 0 radical (unpaired) electrons. The van der Waals surface area contributed by atoms with E-state index in [1.54, 1.807) is 13.0 Å². The number of ether oxygens (including phenoxy) is 1. The summed E-state index contributed by atoms with van der Waals surface area (Å²) in [7, 11) is 0. The van der Waals surface area contributed by atoms with Gasteiger partial charge >= 0.3 is 0 Å². The first-order valence-corrected chi connectivity index (χ1v) is 9.52. The molecule has 4 nitrogen and oxygen atoms in total. The molecule has 2 heterocycles. The van der Waals surface area contributed by atoms with Gasteiger partial charge in [0.2, 0.25) is 11.8 Å². The van der Waals surface area contributed by atoms with E-state index in [9.17, 15) is 13.6 Å². The van der Waals surface area contributed by atoms with Crippen molar-refractivity contribution in [3.8, 4) is 5.88 Å². The normalized spacial score (nSPS) is 14.7. The van der Waals surface area contributed by atoms with E-state index in [0.717, 1.165) is 30.4 Å². The van der Waals surface area contributed by atoms with E-state index >= 15 is 0 Å². The maximum Gasteiger partial charge on any atom is 0.243 e. The largest absolute Gasteiger partial charge is 0.477 e. The fourth-order valence-electron chi connectivity index (χ4n) is 3.91. The molecule has 4 rings (SSSR count). The van der Waals surface area contributed by atoms with Gasteiger partial charge in [-0.3, -0.25) is 9.69 Å². The summed E-state index contributed by atoms with van der Waals surface area (Å²) in [5, 5.41) is 0. The van der Waals surface area contributed by atoms with Crippen LogP contribution in [0.2, 0.25) is 0 Å². The number of anilines is 1. The number of amides is 1. The summed E-state index contributed by atoms with van der Waals surface area (Å²) in [4.78, 5) is 18.1. The van der Waals surface area contributed by atoms with E-state index in [4.69, 9.17) is 16.3 Å². The highest BCUT2D eigenvalue weighted by atomic mass is 35.5. The van der Waals surface area contributed by atoms with Gasteiger partial charge in [0.05, 0.1) is 13.2 Å². The van der Waals surface area contributed by atoms with Crippen LogP contribution in [0.15, 0.2) is 12.1 Å². The molecule has 0 spiro atoms. The van der Waals surface area contributed by atoms with Crippen LogP contribution in [0.1, 0.15) is 34.2 Å². The monoisotopic (exact) mass is 392 g/mol. The highest BCUT2D eigenvalue weighted by Gasteiger charge is 2.28. The van der Waals surface area contributed by atoms with E-state index in [1.165, 1.54) is 4.90 Å². The molecule has 142 valence electrons. The number of halogens is 3. The Morgan fingerprint density at radius 1 is 1.22 bits per heavy atom. The number of hydrogen-bond acceptors (Lipinski definition) is 3. The molecule has 0 fully saturated rings. The van der Waals surface area contributed by atoms with E-state index in [-0.39, 0.29) is 18.0 Å². The summed E-state index contributed by atoms with van der Waals surface area (Å²) in [6.45, 7) is 2.20. The first kappa shape index (κ1) is 18.2. The molecule has 2 aromatic rings. The van der Waals surface area contributed by atoms with Crippen molar-refractivity contribution >= 4 is 23.3 Å². The Hall–Kier alpha value is -2.21. The van der Waals surface area contributed by atoms with E-state index in [1.807, 2.05) is 6.07 Å². The van der Waals surface area contributed by atoms with Gasteiger partial charge in [-0.15, -0.1) is 11.6 Å². The number of benzene rings is 1. The van der Waals surface area contributed by atoms with Crippen molar-refractivity contribution in [2.45, 2.75) is 39.2 Å². The van der Waals surface area contributed by atoms with Crippen LogP contribution in [0.5, 0.6) is 5.88 Å². The van der Waals surface area contributed by atoms with Crippen LogP contribution in [0.25, 0.3) is 0 Å². The molecule has 1 amide bonds. The van der Waals surface area contributed by atoms with Gasteiger partial charge in [-0.2, -0.15) is 4.98 Å². The minimum atomic E-state index is -0.891. The first-order chi connectivity index (χ1) is 13.0. The molecule has 2 aliphatic rings. The standard InChI is InChI=1S/C20H19ClF2N2O2/c1-11-13-3-2-4-14(13)18(22)19(23)15(11)10-25(17(26)9-21)16-6-5-12-7-8-27-20(12)24-16/h5-6H,2-4,7-10H2,1H3. The van der Waals surface area contributed by atoms with Crippen molar-refractivity contribution in [3.63, 3.8) is 0 Å². The topological polar surface area (TPSA) is 42.4 Å². The maximum atomic E-state index is 14.8. The third-order valence-corrected chi connectivity index (χ3v) is 5.62. The Morgan fingerprint density at radius 2 is 2.00 bits per heavy atom. The van der Waals surface area contributed by atoms with Gasteiger partial charge in [-0.1, -0.05) is 0 Å². The highest BCUT2D eigenvalue weighted by molar-refractivity contribution is 6.29. The minimum Gasteiger partial charge on any atom is -0.477 e. The fraction of sp³-hybridized carbons (Fsp3) is 0.400. The van der Waals surface area contributed by atoms with Crippen molar-refractivity contribution in [1.29, 1.82) is 0 Å². The molecule has 0 saturated heterocycles. The summed E-state index contributed by atoms with van der Waals surface area (Å²) >= 11 is 5.77. The fourth-order valence-corrected chi connectivity index (χ4v) is 4.05. The van der Waals surface area contributed by atoms with Crippen molar-refractivity contribution in [2.24, 2.45) is 0 Å². The predicted octanol–water partition coefficient (Wildman–Crippen LogP) is 3.86. The number of rotatable bonds is 4. The van der Waals surface area contributed by atoms with Gasteiger partial charge in [0.15, 0.2) is 11.6 Å². The summed E-state index contributed by atoms with van der Waals surface area (Å²) in [6, 6.07) is 3.53. The third kappa shape index (κ3) is 3.06. The highest BCUT2D eigenvalue weighted by Crippen LogP contribution is 2.34. The molecule has 0 N–H and O–H groups in total. The van der Waals surface area contributed by atoms with Gasteiger partial charge < -0.3 is 4.74 Å². The lowest BCUT2D eigenvalue weighted by Gasteiger charge is -2.24. The molecule has 27 heavy (non-hydrogen) atoms. The number of nitrogens with zero attached hydrogens (tertiary/aromatic N) is 2. The number of carbonyl (C=O) groups excluding carboxylic acids is 1. The molecule has 0 atom stereocenters. The van der Waals surface area contributed by atoms with Crippen LogP contribution in [0.3, 0.4) is 0 Å². The zero-order chi connectivity index (χ0) is 19.1. The number of fused-ring (bicyclic) bond motifs is 2. The van der Waals surface area contributed by atoms with Gasteiger partial charge in [0.1, 0.15) is 11.7 Å². The van der Waals surface area contributed by atoms with Crippen LogP contribution in [-0.4, -0.2) is 23.4 Å². The van der Waals surface area contributed by atoms with Crippen molar-refractivity contribution in [2.75, 3.05) is 17.4 Å². The quantitative estimate of drug-likeness (QED) is 0.742. The van der Waals surface area contributed by atoms with Gasteiger partial charge in [-0.25, -0.2) is 8.78 Å². The summed E-state index contributed by atoms with van der Waals surface area (Å²) in [6.07, 6.45) is 2.84. The number of hydrogen-bond donors (Lipinski definition) is 0. The Morgan fingerprint density at radius 3 is 2.78 bits per heavy atom. The minimum absolute atomic E-state index is 0.126. The van der Waals surface area contributed by atoms with Gasteiger partial charge in [0.25, 0.3) is 0 Å². The molecular formula is C20H19ClF2N2O2. The summed E-state index contributed by atoms with van der Waals surface area (Å²) in [5.74, 6) is -1.61. The van der Waals surface area contributed by atoms with Crippen LogP contribution in [0.4, 0.5) is 14.6 Å². The molecular weight excluding hydrogens is 374 g/mol. The number of carbonyl (C=O) groups is 1. The molecule has 7 heteroatoms. The summed E-state index contributed by atoms with van der Waals surface area (Å²) < 4.78 is 34.8. The average Bonchev–Trinajstić information content (AvgIpc) is 3.34. The number of pyridine rings is 1. The molecule has 0 saturated carbocycles. The molecule has 1 aliphatic carbocycles. The lowest BCUT2D eigenvalue weighted by molar-refractivity contribution is -0.116. The van der Waals surface area contributed by atoms with E-state index in [0.29, 0.717) is 35.9 Å². The van der Waals surface area contributed by atoms with Crippen LogP contribution < -0.4 is 9.64 Å².